The van der Waals surface area contributed by atoms with E-state index in [1.807, 2.05) is 20.8 Å². The van der Waals surface area contributed by atoms with E-state index in [1.54, 1.807) is 25.7 Å². The summed E-state index contributed by atoms with van der Waals surface area (Å²) in [5.74, 6) is -9.49. The maximum Gasteiger partial charge on any atom is 0.417 e. The molecule has 0 aromatic heterocycles. The predicted molar refractivity (Wildman–Crippen MR) is 361 cm³/mol. The van der Waals surface area contributed by atoms with Crippen LogP contribution in [0, 0.1) is 23.7 Å². The Hall–Kier alpha value is -7.10. The number of likely N-dealkylation sites (tertiary alicyclic amines) is 1. The molecule has 4 aliphatic heterocycles. The maximum absolute atomic E-state index is 15.3. The zero-order chi connectivity index (χ0) is 73.3. The lowest BCUT2D eigenvalue weighted by Crippen LogP contribution is -2.69. The first-order valence-electron chi connectivity index (χ1n) is 35.4. The number of likely N-dealkylation sites (N-methyl/N-ethyl adjacent to an activating group) is 6. The third kappa shape index (κ3) is 18.7. The Morgan fingerprint density at radius 1 is 0.697 bits per heavy atom. The van der Waals surface area contributed by atoms with Gasteiger partial charge in [-0.05, 0) is 126 Å². The number of nitrogens with zero attached hydrogens (tertiary/aromatic N) is 9. The van der Waals surface area contributed by atoms with Crippen LogP contribution in [0.25, 0.3) is 0 Å². The number of hydrogen-bond donors (Lipinski definition) is 3. The largest absolute Gasteiger partial charge is 0.417 e. The summed E-state index contributed by atoms with van der Waals surface area (Å²) >= 11 is 6.15. The average Bonchev–Trinajstić information content (AvgIpc) is 1.35. The van der Waals surface area contributed by atoms with Gasteiger partial charge in [-0.3, -0.25) is 57.5 Å². The van der Waals surface area contributed by atoms with Crippen LogP contribution in [0.5, 0.6) is 0 Å². The summed E-state index contributed by atoms with van der Waals surface area (Å²) in [5.41, 5.74) is -2.38. The third-order valence-corrected chi connectivity index (χ3v) is 21.6. The summed E-state index contributed by atoms with van der Waals surface area (Å²) < 4.78 is 47.8. The molecule has 1 aromatic carbocycles. The fourth-order valence-electron chi connectivity index (χ4n) is 14.7. The minimum absolute atomic E-state index is 0.0191. The van der Waals surface area contributed by atoms with Crippen molar-refractivity contribution in [3.05, 3.63) is 34.3 Å². The highest BCUT2D eigenvalue weighted by Gasteiger charge is 2.53. The summed E-state index contributed by atoms with van der Waals surface area (Å²) in [7, 11) is 8.35. The van der Waals surface area contributed by atoms with E-state index in [0.717, 1.165) is 34.8 Å². The van der Waals surface area contributed by atoms with Crippen LogP contribution in [0.1, 0.15) is 162 Å². The molecular weight excluding hydrogens is 1310 g/mol. The third-order valence-electron chi connectivity index (χ3n) is 21.3. The first-order chi connectivity index (χ1) is 46.5. The molecule has 29 heteroatoms. The molecular formula is C70H106ClF3N12O13. The average molecular weight is 1420 g/mol. The van der Waals surface area contributed by atoms with Crippen molar-refractivity contribution >= 4 is 82.5 Å². The number of nitrogens with one attached hydrogen (secondary N) is 3. The highest BCUT2D eigenvalue weighted by atomic mass is 35.5. The molecule has 6 aliphatic rings. The normalized spacial score (nSPS) is 27.7. The van der Waals surface area contributed by atoms with Crippen LogP contribution in [0.4, 0.5) is 13.2 Å². The molecule has 552 valence electrons. The van der Waals surface area contributed by atoms with E-state index in [9.17, 15) is 51.5 Å². The van der Waals surface area contributed by atoms with Gasteiger partial charge < -0.3 is 64.8 Å². The summed E-state index contributed by atoms with van der Waals surface area (Å²) in [6, 6.07) is -7.05. The summed E-state index contributed by atoms with van der Waals surface area (Å²) in [6.45, 7) is 11.8. The van der Waals surface area contributed by atoms with Crippen molar-refractivity contribution in [2.24, 2.45) is 23.7 Å². The van der Waals surface area contributed by atoms with Gasteiger partial charge in [-0.1, -0.05) is 78.5 Å². The van der Waals surface area contributed by atoms with Gasteiger partial charge in [0, 0.05) is 74.4 Å². The van der Waals surface area contributed by atoms with Gasteiger partial charge in [0.2, 0.25) is 70.9 Å². The molecule has 0 radical (unpaired) electrons. The molecule has 6 fully saturated rings. The fourth-order valence-corrected chi connectivity index (χ4v) is 15.0. The molecule has 99 heavy (non-hydrogen) atoms. The van der Waals surface area contributed by atoms with Crippen LogP contribution in [-0.2, 0) is 74.9 Å². The van der Waals surface area contributed by atoms with E-state index >= 15 is 19.2 Å². The van der Waals surface area contributed by atoms with Crippen LogP contribution >= 0.6 is 11.6 Å². The predicted octanol–water partition coefficient (Wildman–Crippen LogP) is 4.49. The number of piperidine rings is 1. The Morgan fingerprint density at radius 2 is 1.33 bits per heavy atom. The number of hydrogen-bond acceptors (Lipinski definition) is 13. The van der Waals surface area contributed by atoms with Gasteiger partial charge in [0.05, 0.1) is 42.8 Å². The monoisotopic (exact) mass is 1410 g/mol. The van der Waals surface area contributed by atoms with Gasteiger partial charge in [0.15, 0.2) is 0 Å². The fraction of sp³-hybridized carbons (Fsp3) is 0.743. The highest BCUT2D eigenvalue weighted by molar-refractivity contribution is 6.31. The van der Waals surface area contributed by atoms with Crippen LogP contribution in [0.15, 0.2) is 18.2 Å². The first-order valence-corrected chi connectivity index (χ1v) is 35.7. The lowest BCUT2D eigenvalue weighted by molar-refractivity contribution is -0.167. The lowest BCUT2D eigenvalue weighted by atomic mass is 9.80. The lowest BCUT2D eigenvalue weighted by Gasteiger charge is -2.51. The highest BCUT2D eigenvalue weighted by Crippen LogP contribution is 2.38. The molecule has 10 atom stereocenters. The van der Waals surface area contributed by atoms with E-state index in [-0.39, 0.29) is 75.3 Å². The standard InChI is InChI=1S/C70H106ClF3N12O13/c1-14-43(6)57-65(95)80(10)44(7)61(91)86-37-46(34-41(2)3)59(86)67(97)82(12)53(40-99-47-22-20-23-47)63(93)79(9)39-54(87)75-50(28-26-45-25-27-48(49(71)35-45)70(72,73)74)62(92)85-33-21-24-51(85)60(90)77-69(29-16-17-30-69)68(98)83(13)58(42(4)5)66(96)81(11)52(64(94)84-31-18-15-19-32-84)36-56(89)78(8)38-55(88)76-57/h25,27,35,41-44,46-47,50-53,57-59H,14-24,26,28-34,36-40H2,1-13H3,(H,75,87)(H,76,88)(H,77,90)/t43-,44-,46?,50-,51-,52-,53-,57-,58-,59-/m0/s1. The van der Waals surface area contributed by atoms with E-state index in [0.29, 0.717) is 70.9 Å². The number of rotatable bonds is 12. The van der Waals surface area contributed by atoms with Gasteiger partial charge in [0.25, 0.3) is 0 Å². The Balaban J connectivity index is 1.27. The molecule has 1 spiro atoms. The number of aryl methyl sites for hydroxylation is 1. The van der Waals surface area contributed by atoms with Gasteiger partial charge in [-0.15, -0.1) is 0 Å². The van der Waals surface area contributed by atoms with Crippen LogP contribution in [-0.4, -0.2) is 263 Å². The summed E-state index contributed by atoms with van der Waals surface area (Å²) in [5, 5.41) is 7.96. The van der Waals surface area contributed by atoms with Crippen molar-refractivity contribution in [1.82, 2.24) is 60.0 Å². The summed E-state index contributed by atoms with van der Waals surface area (Å²) in [6.07, 6.45) is 1.26. The van der Waals surface area contributed by atoms with E-state index in [2.05, 4.69) is 16.0 Å². The number of amides is 12. The number of alkyl halides is 3. The Bertz CT molecular complexity index is 3140. The van der Waals surface area contributed by atoms with Crippen LogP contribution < -0.4 is 16.0 Å². The van der Waals surface area contributed by atoms with E-state index < -0.39 is 173 Å². The molecule has 3 N–H and O–H groups in total. The van der Waals surface area contributed by atoms with Gasteiger partial charge in [0.1, 0.15) is 53.9 Å². The molecule has 1 aromatic rings. The van der Waals surface area contributed by atoms with Crippen LogP contribution in [0.2, 0.25) is 5.02 Å². The molecule has 4 heterocycles. The van der Waals surface area contributed by atoms with Crippen molar-refractivity contribution in [2.45, 2.75) is 224 Å². The quantitative estimate of drug-likeness (QED) is 0.261. The molecule has 1 unspecified atom stereocenters. The molecule has 2 aliphatic carbocycles. The van der Waals surface area contributed by atoms with Crippen molar-refractivity contribution in [2.75, 3.05) is 88.2 Å². The zero-order valence-corrected chi connectivity index (χ0v) is 60.8. The smallest absolute Gasteiger partial charge is 0.376 e. The zero-order valence-electron chi connectivity index (χ0n) is 60.1. The topological polar surface area (TPSA) is 279 Å². The number of carbonyl (C=O) groups is 12. The van der Waals surface area contributed by atoms with Crippen molar-refractivity contribution in [3.63, 3.8) is 0 Å². The minimum Gasteiger partial charge on any atom is -0.376 e. The SMILES string of the molecule is CC[C@H](C)[C@@H]1NC(=O)CN(C)C(=O)C[C@@H](C(=O)N2CCCCC2)N(C)C(=O)[C@H](C(C)C)N(C)C(=O)C2(CCCC2)NC(=O)[C@@H]2CCCN2C(=O)[C@H](CCc2ccc(C(F)(F)F)c(Cl)c2)NC(=O)CN(C)C(=O)[C@H](COC2CCC2)N(C)C(=O)[C@@H]2C(CC(C)C)CN2C(=O)[C@H](C)N(C)C1=O. The second-order valence-electron chi connectivity index (χ2n) is 29.3. The van der Waals surface area contributed by atoms with Crippen molar-refractivity contribution in [3.8, 4) is 0 Å². The van der Waals surface area contributed by atoms with Gasteiger partial charge in [-0.2, -0.15) is 13.2 Å². The number of ether oxygens (including phenoxy) is 1. The molecule has 0 bridgehead atoms. The molecule has 12 amide bonds. The molecule has 2 saturated carbocycles. The molecule has 4 saturated heterocycles. The van der Waals surface area contributed by atoms with E-state index in [4.69, 9.17) is 16.3 Å². The Kier molecular flexibility index (Phi) is 27.2. The number of fused-ring (bicyclic) bond motifs is 2. The van der Waals surface area contributed by atoms with Gasteiger partial charge in [-0.25, -0.2) is 0 Å². The first kappa shape index (κ1) is 79.2. The number of halogens is 4. The number of benzene rings is 1. The van der Waals surface area contributed by atoms with Gasteiger partial charge >= 0.3 is 6.18 Å². The maximum atomic E-state index is 15.3. The van der Waals surface area contributed by atoms with Crippen molar-refractivity contribution < 1.29 is 75.4 Å². The number of carbonyl (C=O) groups excluding carboxylic acids is 12. The van der Waals surface area contributed by atoms with E-state index in [1.165, 1.54) is 84.7 Å². The van der Waals surface area contributed by atoms with Crippen LogP contribution in [0.3, 0.4) is 0 Å². The Labute approximate surface area is 585 Å². The molecule has 25 nitrogen and oxygen atoms in total. The minimum atomic E-state index is -4.77. The molecule has 7 rings (SSSR count). The second-order valence-corrected chi connectivity index (χ2v) is 29.7. The summed E-state index contributed by atoms with van der Waals surface area (Å²) in [4.78, 5) is 190. The van der Waals surface area contributed by atoms with Crippen molar-refractivity contribution in [1.29, 1.82) is 0 Å². The second kappa shape index (κ2) is 34.0. The Morgan fingerprint density at radius 3 is 1.92 bits per heavy atom.